The van der Waals surface area contributed by atoms with Crippen molar-refractivity contribution < 1.29 is 19.4 Å². The van der Waals surface area contributed by atoms with Gasteiger partial charge in [-0.2, -0.15) is 25.3 Å². The van der Waals surface area contributed by atoms with Crippen molar-refractivity contribution in [2.45, 2.75) is 30.8 Å². The molecule has 0 aromatic carbocycles. The highest BCUT2D eigenvalue weighted by Crippen LogP contribution is 2.12. The predicted molar refractivity (Wildman–Crippen MR) is 63.6 cm³/mol. The molecular weight excluding hydrogens is 236 g/mol. The topological polar surface area (TPSA) is 63.6 Å². The number of hydrogen-bond donors (Lipinski definition) is 3. The van der Waals surface area contributed by atoms with Gasteiger partial charge >= 0.3 is 11.9 Å². The number of thiol groups is 2. The minimum absolute atomic E-state index is 0.285. The van der Waals surface area contributed by atoms with Gasteiger partial charge in [-0.05, 0) is 12.3 Å². The molecule has 2 atom stereocenters. The predicted octanol–water partition coefficient (Wildman–Crippen LogP) is 1.26. The normalized spacial score (nSPS) is 14.7. The second-order valence-corrected chi connectivity index (χ2v) is 4.69. The zero-order chi connectivity index (χ0) is 12.0. The molecule has 1 N–H and O–H groups in total. The molecule has 0 aromatic rings. The Hall–Kier alpha value is -0.360. The average molecular weight is 252 g/mol. The van der Waals surface area contributed by atoms with E-state index in [4.69, 9.17) is 9.84 Å². The van der Waals surface area contributed by atoms with Crippen LogP contribution < -0.4 is 0 Å². The Morgan fingerprint density at radius 2 is 1.80 bits per heavy atom. The van der Waals surface area contributed by atoms with Gasteiger partial charge in [-0.15, -0.1) is 0 Å². The smallest absolute Gasteiger partial charge is 0.320 e. The minimum Gasteiger partial charge on any atom is -0.480 e. The van der Waals surface area contributed by atoms with Crippen molar-refractivity contribution in [1.29, 1.82) is 0 Å². The second-order valence-electron chi connectivity index (χ2n) is 3.58. The maximum absolute atomic E-state index is 11.3. The molecule has 15 heavy (non-hydrogen) atoms. The highest BCUT2D eigenvalue weighted by Gasteiger charge is 2.28. The van der Waals surface area contributed by atoms with Crippen LogP contribution in [0.5, 0.6) is 0 Å². The summed E-state index contributed by atoms with van der Waals surface area (Å²) in [7, 11) is 0. The van der Waals surface area contributed by atoms with Crippen LogP contribution in [-0.2, 0) is 14.3 Å². The Labute approximate surface area is 100 Å². The van der Waals surface area contributed by atoms with Gasteiger partial charge in [0.05, 0.1) is 6.61 Å². The molecule has 0 radical (unpaired) electrons. The first-order valence-electron chi connectivity index (χ1n) is 4.61. The molecule has 0 spiro atoms. The van der Waals surface area contributed by atoms with E-state index in [9.17, 15) is 9.59 Å². The number of ether oxygens (including phenoxy) is 1. The van der Waals surface area contributed by atoms with E-state index >= 15 is 0 Å². The quantitative estimate of drug-likeness (QED) is 0.492. The van der Waals surface area contributed by atoms with Crippen LogP contribution in [0.2, 0.25) is 0 Å². The average Bonchev–Trinajstić information content (AvgIpc) is 2.14. The van der Waals surface area contributed by atoms with Crippen molar-refractivity contribution >= 4 is 37.2 Å². The van der Waals surface area contributed by atoms with Gasteiger partial charge < -0.3 is 9.84 Å². The third kappa shape index (κ3) is 5.94. The van der Waals surface area contributed by atoms with Crippen LogP contribution in [0.25, 0.3) is 0 Å². The molecule has 0 rings (SSSR count). The summed E-state index contributed by atoms with van der Waals surface area (Å²) in [5, 5.41) is 6.41. The summed E-state index contributed by atoms with van der Waals surface area (Å²) in [5.74, 6) is -1.39. The number of rotatable bonds is 6. The number of carbonyl (C=O) groups excluding carboxylic acids is 1. The van der Waals surface area contributed by atoms with Crippen LogP contribution in [0.3, 0.4) is 0 Å². The summed E-state index contributed by atoms with van der Waals surface area (Å²) in [6.45, 7) is 4.29. The Morgan fingerprint density at radius 1 is 1.27 bits per heavy atom. The molecule has 88 valence electrons. The van der Waals surface area contributed by atoms with Crippen LogP contribution in [-0.4, -0.2) is 34.2 Å². The van der Waals surface area contributed by atoms with E-state index in [1.54, 1.807) is 0 Å². The fourth-order valence-electron chi connectivity index (χ4n) is 0.745. The molecule has 0 aliphatic rings. The zero-order valence-corrected chi connectivity index (χ0v) is 10.5. The second kappa shape index (κ2) is 7.00. The fourth-order valence-corrected chi connectivity index (χ4v) is 1.07. The Morgan fingerprint density at radius 3 is 2.20 bits per heavy atom. The highest BCUT2D eigenvalue weighted by molar-refractivity contribution is 7.86. The molecule has 0 amide bonds. The molecule has 0 heterocycles. The van der Waals surface area contributed by atoms with E-state index < -0.39 is 22.4 Å². The molecule has 4 nitrogen and oxygen atoms in total. The maximum atomic E-state index is 11.3. The molecule has 0 saturated carbocycles. The van der Waals surface area contributed by atoms with Crippen molar-refractivity contribution in [3.05, 3.63) is 0 Å². The lowest BCUT2D eigenvalue weighted by Crippen LogP contribution is -2.33. The summed E-state index contributed by atoms with van der Waals surface area (Å²) in [5.41, 5.74) is 0. The van der Waals surface area contributed by atoms with Crippen LogP contribution >= 0.6 is 25.3 Å². The number of carboxylic acids is 1. The Kier molecular flexibility index (Phi) is 6.84. The van der Waals surface area contributed by atoms with Gasteiger partial charge in [0.25, 0.3) is 0 Å². The third-order valence-corrected chi connectivity index (χ3v) is 3.00. The third-order valence-electron chi connectivity index (χ3n) is 1.73. The maximum Gasteiger partial charge on any atom is 0.320 e. The number of carbonyl (C=O) groups is 2. The van der Waals surface area contributed by atoms with Crippen LogP contribution in [0, 0.1) is 5.92 Å². The van der Waals surface area contributed by atoms with E-state index in [0.717, 1.165) is 6.42 Å². The summed E-state index contributed by atoms with van der Waals surface area (Å²) in [6, 6.07) is 0. The van der Waals surface area contributed by atoms with Crippen molar-refractivity contribution in [2.75, 3.05) is 6.61 Å². The number of aliphatic carboxylic acids is 1. The number of hydrogen-bond acceptors (Lipinski definition) is 5. The monoisotopic (exact) mass is 252 g/mol. The lowest BCUT2D eigenvalue weighted by atomic mass is 10.1. The molecular formula is C9H16O4S2. The van der Waals surface area contributed by atoms with E-state index in [1.807, 2.05) is 13.8 Å². The van der Waals surface area contributed by atoms with E-state index in [-0.39, 0.29) is 6.61 Å². The molecule has 0 aliphatic heterocycles. The van der Waals surface area contributed by atoms with Crippen LogP contribution in [0.15, 0.2) is 0 Å². The number of esters is 1. The molecule has 0 bridgehead atoms. The fraction of sp³-hybridized carbons (Fsp3) is 0.778. The number of carboxylic acid groups (broad SMARTS) is 1. The van der Waals surface area contributed by atoms with Crippen molar-refractivity contribution in [3.8, 4) is 0 Å². The van der Waals surface area contributed by atoms with Gasteiger partial charge in [0.1, 0.15) is 10.5 Å². The SMILES string of the molecule is CC(C)CCOC(=O)[C@H](S)[C@H](S)C(=O)O. The zero-order valence-electron chi connectivity index (χ0n) is 8.71. The first kappa shape index (κ1) is 14.6. The standard InChI is InChI=1S/C9H16O4S2/c1-5(2)3-4-13-9(12)7(15)6(14)8(10)11/h5-7,14-15H,3-4H2,1-2H3,(H,10,11)/t6-,7+/m0/s1. The van der Waals surface area contributed by atoms with Gasteiger partial charge in [0.2, 0.25) is 0 Å². The summed E-state index contributed by atoms with van der Waals surface area (Å²) in [6.07, 6.45) is 0.747. The summed E-state index contributed by atoms with van der Waals surface area (Å²) in [4.78, 5) is 21.8. The summed E-state index contributed by atoms with van der Waals surface area (Å²) >= 11 is 7.60. The minimum atomic E-state index is -1.18. The molecule has 6 heteroatoms. The van der Waals surface area contributed by atoms with Gasteiger partial charge in [-0.3, -0.25) is 9.59 Å². The van der Waals surface area contributed by atoms with Crippen molar-refractivity contribution in [3.63, 3.8) is 0 Å². The molecule has 0 unspecified atom stereocenters. The molecule has 0 aromatic heterocycles. The lowest BCUT2D eigenvalue weighted by molar-refractivity contribution is -0.146. The highest BCUT2D eigenvalue weighted by atomic mass is 32.1. The van der Waals surface area contributed by atoms with Crippen molar-refractivity contribution in [2.24, 2.45) is 5.92 Å². The van der Waals surface area contributed by atoms with Gasteiger partial charge in [0.15, 0.2) is 0 Å². The molecule has 0 fully saturated rings. The molecule has 0 saturated heterocycles. The van der Waals surface area contributed by atoms with Crippen LogP contribution in [0.4, 0.5) is 0 Å². The van der Waals surface area contributed by atoms with Crippen molar-refractivity contribution in [1.82, 2.24) is 0 Å². The van der Waals surface area contributed by atoms with E-state index in [1.165, 1.54) is 0 Å². The van der Waals surface area contributed by atoms with Crippen LogP contribution in [0.1, 0.15) is 20.3 Å². The first-order chi connectivity index (χ1) is 6.86. The van der Waals surface area contributed by atoms with Gasteiger partial charge in [-0.1, -0.05) is 13.8 Å². The molecule has 0 aliphatic carbocycles. The first-order valence-corrected chi connectivity index (χ1v) is 5.65. The van der Waals surface area contributed by atoms with Gasteiger partial charge in [-0.25, -0.2) is 0 Å². The largest absolute Gasteiger partial charge is 0.480 e. The lowest BCUT2D eigenvalue weighted by Gasteiger charge is -2.14. The Bertz CT molecular complexity index is 230. The van der Waals surface area contributed by atoms with Gasteiger partial charge in [0, 0.05) is 0 Å². The Balaban J connectivity index is 3.94. The summed E-state index contributed by atoms with van der Waals surface area (Å²) < 4.78 is 4.86. The van der Waals surface area contributed by atoms with E-state index in [2.05, 4.69) is 25.3 Å². The van der Waals surface area contributed by atoms with E-state index in [0.29, 0.717) is 5.92 Å².